The van der Waals surface area contributed by atoms with Crippen molar-refractivity contribution in [2.24, 2.45) is 17.8 Å². The Hall–Kier alpha value is -0.550. The monoisotopic (exact) mass is 330 g/mol. The van der Waals surface area contributed by atoms with Crippen LogP contribution in [-0.2, 0) is 9.59 Å². The fraction of sp³-hybridized carbons (Fsp3) is 0.882. The minimum Gasteiger partial charge on any atom is -0.356 e. The van der Waals surface area contributed by atoms with Gasteiger partial charge in [-0.05, 0) is 32.6 Å². The third-order valence-electron chi connectivity index (χ3n) is 3.85. The van der Waals surface area contributed by atoms with E-state index in [1.54, 1.807) is 0 Å². The van der Waals surface area contributed by atoms with E-state index < -0.39 is 0 Å². The number of ketones is 1. The Balaban J connectivity index is 4.78. The number of Topliss-reactive ketones (excluding diaryl/α,β-unsaturated/α-hetero) is 1. The first-order valence-corrected chi connectivity index (χ1v) is 8.96. The number of hydrogen-bond donors (Lipinski definition) is 3. The Morgan fingerprint density at radius 1 is 1.09 bits per heavy atom. The zero-order chi connectivity index (χ0) is 17.3. The van der Waals surface area contributed by atoms with Gasteiger partial charge in [-0.3, -0.25) is 9.59 Å². The first-order chi connectivity index (χ1) is 10.2. The molecule has 0 aromatic heterocycles. The van der Waals surface area contributed by atoms with Crippen molar-refractivity contribution in [3.05, 3.63) is 0 Å². The van der Waals surface area contributed by atoms with E-state index in [0.29, 0.717) is 25.4 Å². The molecule has 0 saturated heterocycles. The molecule has 0 spiro atoms. The van der Waals surface area contributed by atoms with Crippen LogP contribution in [0.5, 0.6) is 0 Å². The number of carbonyl (C=O) groups excluding carboxylic acids is 2. The number of rotatable bonds is 11. The zero-order valence-corrected chi connectivity index (χ0v) is 15.9. The summed E-state index contributed by atoms with van der Waals surface area (Å²) in [6.45, 7) is 12.7. The lowest BCUT2D eigenvalue weighted by Crippen LogP contribution is -2.42. The summed E-state index contributed by atoms with van der Waals surface area (Å²) < 4.78 is 0. The van der Waals surface area contributed by atoms with Crippen LogP contribution in [0.4, 0.5) is 0 Å². The molecule has 0 aliphatic carbocycles. The Kier molecular flexibility index (Phi) is 10.8. The van der Waals surface area contributed by atoms with Crippen LogP contribution in [0, 0.1) is 17.8 Å². The van der Waals surface area contributed by atoms with Gasteiger partial charge in [0.15, 0.2) is 0 Å². The second-order valence-electron chi connectivity index (χ2n) is 6.66. The summed E-state index contributed by atoms with van der Waals surface area (Å²) in [5.74, 6) is 0.247. The quantitative estimate of drug-likeness (QED) is 0.403. The van der Waals surface area contributed by atoms with Crippen LogP contribution < -0.4 is 10.6 Å². The minimum absolute atomic E-state index is 0.00556. The maximum atomic E-state index is 12.3. The summed E-state index contributed by atoms with van der Waals surface area (Å²) in [7, 11) is 0. The van der Waals surface area contributed by atoms with E-state index in [0.717, 1.165) is 6.42 Å². The number of thiol groups is 1. The molecule has 22 heavy (non-hydrogen) atoms. The summed E-state index contributed by atoms with van der Waals surface area (Å²) in [4.78, 5) is 24.2. The topological polar surface area (TPSA) is 58.2 Å². The van der Waals surface area contributed by atoms with Gasteiger partial charge in [-0.25, -0.2) is 0 Å². The van der Waals surface area contributed by atoms with Crippen LogP contribution in [0.3, 0.4) is 0 Å². The van der Waals surface area contributed by atoms with Gasteiger partial charge in [0.2, 0.25) is 5.91 Å². The smallest absolute Gasteiger partial charge is 0.220 e. The molecule has 0 bridgehead atoms. The predicted octanol–water partition coefficient (Wildman–Crippen LogP) is 3.02. The predicted molar refractivity (Wildman–Crippen MR) is 96.1 cm³/mol. The molecule has 0 fully saturated rings. The number of hydrogen-bond acceptors (Lipinski definition) is 4. The fourth-order valence-corrected chi connectivity index (χ4v) is 3.24. The Bertz CT molecular complexity index is 346. The van der Waals surface area contributed by atoms with Crippen molar-refractivity contribution >= 4 is 24.3 Å². The molecule has 0 aromatic carbocycles. The molecular formula is C17H34N2O2S. The highest BCUT2D eigenvalue weighted by atomic mass is 32.1. The molecule has 0 aliphatic heterocycles. The van der Waals surface area contributed by atoms with E-state index in [9.17, 15) is 9.59 Å². The maximum absolute atomic E-state index is 12.3. The zero-order valence-electron chi connectivity index (χ0n) is 15.0. The van der Waals surface area contributed by atoms with Gasteiger partial charge in [0.05, 0.1) is 5.37 Å². The van der Waals surface area contributed by atoms with Gasteiger partial charge < -0.3 is 10.6 Å². The van der Waals surface area contributed by atoms with Crippen LogP contribution in [0.25, 0.3) is 0 Å². The van der Waals surface area contributed by atoms with E-state index in [1.807, 2.05) is 27.7 Å². The van der Waals surface area contributed by atoms with E-state index in [2.05, 4.69) is 37.1 Å². The van der Waals surface area contributed by atoms with Gasteiger partial charge in [0.25, 0.3) is 0 Å². The van der Waals surface area contributed by atoms with Crippen molar-refractivity contribution in [1.82, 2.24) is 10.6 Å². The largest absolute Gasteiger partial charge is 0.356 e. The van der Waals surface area contributed by atoms with E-state index in [4.69, 9.17) is 0 Å². The molecule has 3 unspecified atom stereocenters. The number of carbonyl (C=O) groups is 2. The molecule has 0 radical (unpaired) electrons. The normalized spacial score (nSPS) is 15.7. The molecule has 0 aromatic rings. The highest BCUT2D eigenvalue weighted by molar-refractivity contribution is 7.80. The van der Waals surface area contributed by atoms with E-state index >= 15 is 0 Å². The third-order valence-corrected chi connectivity index (χ3v) is 4.38. The van der Waals surface area contributed by atoms with E-state index in [1.165, 1.54) is 0 Å². The lowest BCUT2D eigenvalue weighted by molar-refractivity contribution is -0.128. The Morgan fingerprint density at radius 3 is 2.14 bits per heavy atom. The molecule has 0 saturated carbocycles. The second-order valence-corrected chi connectivity index (χ2v) is 7.22. The minimum atomic E-state index is -0.104. The third kappa shape index (κ3) is 8.18. The van der Waals surface area contributed by atoms with Crippen LogP contribution in [0.2, 0.25) is 0 Å². The first kappa shape index (κ1) is 21.4. The molecule has 0 aliphatic rings. The average Bonchev–Trinajstić information content (AvgIpc) is 2.43. The van der Waals surface area contributed by atoms with Gasteiger partial charge in [-0.2, -0.15) is 12.6 Å². The summed E-state index contributed by atoms with van der Waals surface area (Å²) in [5.41, 5.74) is 0. The number of amides is 1. The summed E-state index contributed by atoms with van der Waals surface area (Å²) >= 11 is 4.64. The van der Waals surface area contributed by atoms with Gasteiger partial charge in [-0.1, -0.05) is 27.7 Å². The first-order valence-electron chi connectivity index (χ1n) is 8.45. The molecule has 1 amide bonds. The SMILES string of the molecule is CCCNC(=O)CCC(C(S)NC(C)C)C(C)C(=O)C(C)C. The van der Waals surface area contributed by atoms with E-state index in [-0.39, 0.29) is 34.8 Å². The van der Waals surface area contributed by atoms with Gasteiger partial charge in [0.1, 0.15) is 5.78 Å². The standard InChI is InChI=1S/C17H34N2O2S/c1-7-10-18-15(20)9-8-14(17(22)19-12(4)5)13(6)16(21)11(2)3/h11-14,17,19,22H,7-10H2,1-6H3,(H,18,20). The molecule has 4 nitrogen and oxygen atoms in total. The lowest BCUT2D eigenvalue weighted by Gasteiger charge is -2.31. The summed E-state index contributed by atoms with van der Waals surface area (Å²) in [5, 5.41) is 6.17. The van der Waals surface area contributed by atoms with Crippen molar-refractivity contribution in [1.29, 1.82) is 0 Å². The Morgan fingerprint density at radius 2 is 1.68 bits per heavy atom. The molecule has 3 atom stereocenters. The van der Waals surface area contributed by atoms with Crippen LogP contribution in [0.1, 0.15) is 60.8 Å². The molecule has 0 rings (SSSR count). The summed E-state index contributed by atoms with van der Waals surface area (Å²) in [6, 6.07) is 0.292. The van der Waals surface area contributed by atoms with Crippen molar-refractivity contribution in [2.75, 3.05) is 6.54 Å². The summed E-state index contributed by atoms with van der Waals surface area (Å²) in [6.07, 6.45) is 2.04. The molecular weight excluding hydrogens is 296 g/mol. The van der Waals surface area contributed by atoms with Gasteiger partial charge in [-0.15, -0.1) is 0 Å². The highest BCUT2D eigenvalue weighted by Gasteiger charge is 2.30. The van der Waals surface area contributed by atoms with Crippen molar-refractivity contribution in [3.8, 4) is 0 Å². The fourth-order valence-electron chi connectivity index (χ4n) is 2.53. The Labute approximate surface area is 141 Å². The molecule has 5 heteroatoms. The van der Waals surface area contributed by atoms with Crippen molar-refractivity contribution < 1.29 is 9.59 Å². The molecule has 2 N–H and O–H groups in total. The lowest BCUT2D eigenvalue weighted by atomic mass is 9.82. The van der Waals surface area contributed by atoms with Crippen molar-refractivity contribution in [3.63, 3.8) is 0 Å². The highest BCUT2D eigenvalue weighted by Crippen LogP contribution is 2.27. The van der Waals surface area contributed by atoms with Crippen molar-refractivity contribution in [2.45, 2.75) is 72.2 Å². The number of nitrogens with one attached hydrogen (secondary N) is 2. The second kappa shape index (κ2) is 11.1. The van der Waals surface area contributed by atoms with Crippen LogP contribution in [0.15, 0.2) is 0 Å². The molecule has 0 heterocycles. The van der Waals surface area contributed by atoms with Gasteiger partial charge >= 0.3 is 0 Å². The van der Waals surface area contributed by atoms with Crippen LogP contribution in [-0.4, -0.2) is 29.7 Å². The maximum Gasteiger partial charge on any atom is 0.220 e. The van der Waals surface area contributed by atoms with Gasteiger partial charge in [0, 0.05) is 30.8 Å². The van der Waals surface area contributed by atoms with Crippen LogP contribution >= 0.6 is 12.6 Å². The average molecular weight is 331 g/mol. The molecule has 130 valence electrons.